The average Bonchev–Trinajstić information content (AvgIpc) is 2.82. The van der Waals surface area contributed by atoms with E-state index < -0.39 is 15.9 Å². The van der Waals surface area contributed by atoms with Crippen molar-refractivity contribution in [1.82, 2.24) is 15.0 Å². The lowest BCUT2D eigenvalue weighted by Gasteiger charge is -2.45. The highest BCUT2D eigenvalue weighted by atomic mass is 32.2. The maximum atomic E-state index is 12.7. The van der Waals surface area contributed by atoms with Gasteiger partial charge in [0.1, 0.15) is 18.1 Å². The molecule has 2 aliphatic heterocycles. The van der Waals surface area contributed by atoms with Gasteiger partial charge in [-0.2, -0.15) is 4.98 Å². The summed E-state index contributed by atoms with van der Waals surface area (Å²) < 4.78 is 23.8. The summed E-state index contributed by atoms with van der Waals surface area (Å²) in [6.45, 7) is 7.89. The Hall–Kier alpha value is -2.73. The van der Waals surface area contributed by atoms with Crippen molar-refractivity contribution < 1.29 is 14.0 Å². The third-order valence-corrected chi connectivity index (χ3v) is 7.87. The number of nitrogens with one attached hydrogen (secondary N) is 1. The fourth-order valence-electron chi connectivity index (χ4n) is 4.12. The van der Waals surface area contributed by atoms with E-state index in [4.69, 9.17) is 31.0 Å². The van der Waals surface area contributed by atoms with Gasteiger partial charge in [-0.05, 0) is 37.5 Å². The maximum Gasteiger partial charge on any atom is 0.231 e. The van der Waals surface area contributed by atoms with Crippen molar-refractivity contribution in [2.24, 2.45) is 11.6 Å². The number of nitrogens with two attached hydrogens (primary N) is 2. The molecule has 1 saturated heterocycles. The largest absolute Gasteiger partial charge is 0.616 e. The van der Waals surface area contributed by atoms with E-state index in [0.717, 1.165) is 5.56 Å². The summed E-state index contributed by atoms with van der Waals surface area (Å²) in [5, 5.41) is 4.66. The second-order valence-corrected chi connectivity index (χ2v) is 11.0. The summed E-state index contributed by atoms with van der Waals surface area (Å²) in [6, 6.07) is 9.96. The molecule has 3 atom stereocenters. The minimum absolute atomic E-state index is 0.0377. The minimum Gasteiger partial charge on any atom is -0.616 e. The molecule has 4 rings (SSSR count). The zero-order valence-corrected chi connectivity index (χ0v) is 20.8. The number of rotatable bonds is 7. The Bertz CT molecular complexity index is 1030. The number of anilines is 2. The van der Waals surface area contributed by atoms with Gasteiger partial charge < -0.3 is 30.0 Å². The number of hydrazine groups is 1. The van der Waals surface area contributed by atoms with Crippen LogP contribution in [0.25, 0.3) is 0 Å². The molecule has 11 heteroatoms. The second-order valence-electron chi connectivity index (χ2n) is 9.06. The first-order chi connectivity index (χ1) is 16.2. The molecule has 1 aromatic heterocycles. The Labute approximate surface area is 203 Å². The number of nitrogens with zero attached hydrogens (tertiary/aromatic N) is 4. The molecular weight excluding hydrogens is 454 g/mol. The van der Waals surface area contributed by atoms with Gasteiger partial charge in [0, 0.05) is 6.20 Å². The van der Waals surface area contributed by atoms with Gasteiger partial charge in [0.2, 0.25) is 5.95 Å². The normalized spacial score (nSPS) is 21.2. The molecule has 2 aliphatic rings. The molecule has 0 aliphatic carbocycles. The molecule has 184 valence electrons. The zero-order chi connectivity index (χ0) is 24.5. The summed E-state index contributed by atoms with van der Waals surface area (Å²) in [7, 11) is 0. The van der Waals surface area contributed by atoms with Crippen LogP contribution in [-0.2, 0) is 27.2 Å². The van der Waals surface area contributed by atoms with Crippen LogP contribution in [0.3, 0.4) is 0 Å². The van der Waals surface area contributed by atoms with E-state index in [2.05, 4.69) is 17.1 Å². The number of aromatic nitrogens is 2. The number of ether oxygens (including phenoxy) is 2. The van der Waals surface area contributed by atoms with Gasteiger partial charge in [-0.3, -0.25) is 5.01 Å². The lowest BCUT2D eigenvalue weighted by molar-refractivity contribution is 0.0482. The summed E-state index contributed by atoms with van der Waals surface area (Å²) in [6.07, 6.45) is 3.04. The van der Waals surface area contributed by atoms with Gasteiger partial charge in [0.25, 0.3) is 0 Å². The van der Waals surface area contributed by atoms with E-state index in [9.17, 15) is 4.55 Å². The number of benzene rings is 1. The van der Waals surface area contributed by atoms with Gasteiger partial charge >= 0.3 is 0 Å². The topological polar surface area (TPSA) is 138 Å². The van der Waals surface area contributed by atoms with E-state index in [1.807, 2.05) is 44.2 Å². The Kier molecular flexibility index (Phi) is 7.08. The number of hydrogen-bond donors (Lipinski definition) is 3. The predicted molar refractivity (Wildman–Crippen MR) is 133 cm³/mol. The highest BCUT2D eigenvalue weighted by Gasteiger charge is 2.43. The first-order valence-electron chi connectivity index (χ1n) is 11.2. The van der Waals surface area contributed by atoms with E-state index in [-0.39, 0.29) is 12.1 Å². The first kappa shape index (κ1) is 24.4. The van der Waals surface area contributed by atoms with Crippen LogP contribution in [0, 0.1) is 0 Å². The third kappa shape index (κ3) is 4.74. The monoisotopic (exact) mass is 487 g/mol. The molecule has 1 fully saturated rings. The number of morpholine rings is 1. The molecule has 10 nitrogen and oxygen atoms in total. The van der Waals surface area contributed by atoms with Crippen LogP contribution in [0.2, 0.25) is 0 Å². The maximum absolute atomic E-state index is 12.7. The number of fused-ring (bicyclic) bond motifs is 3. The molecule has 0 bridgehead atoms. The van der Waals surface area contributed by atoms with Gasteiger partial charge in [0.05, 0.1) is 38.1 Å². The minimum atomic E-state index is -1.22. The van der Waals surface area contributed by atoms with Crippen LogP contribution in [0.15, 0.2) is 42.4 Å². The summed E-state index contributed by atoms with van der Waals surface area (Å²) in [5.41, 5.74) is 7.51. The zero-order valence-electron chi connectivity index (χ0n) is 20.0. The molecule has 34 heavy (non-hydrogen) atoms. The smallest absolute Gasteiger partial charge is 0.231 e. The van der Waals surface area contributed by atoms with E-state index in [1.165, 1.54) is 11.2 Å². The van der Waals surface area contributed by atoms with Crippen LogP contribution in [0.5, 0.6) is 5.75 Å². The van der Waals surface area contributed by atoms with Crippen molar-refractivity contribution in [2.45, 2.75) is 44.1 Å². The lowest BCUT2D eigenvalue weighted by atomic mass is 10.0. The van der Waals surface area contributed by atoms with Gasteiger partial charge in [0.15, 0.2) is 16.3 Å². The van der Waals surface area contributed by atoms with Crippen molar-refractivity contribution in [2.75, 3.05) is 36.3 Å². The first-order valence-corrected chi connectivity index (χ1v) is 12.8. The fourth-order valence-corrected chi connectivity index (χ4v) is 4.53. The summed E-state index contributed by atoms with van der Waals surface area (Å²) in [4.78, 5) is 11.8. The van der Waals surface area contributed by atoms with Crippen LogP contribution in [0.4, 0.5) is 11.8 Å². The van der Waals surface area contributed by atoms with Crippen molar-refractivity contribution in [3.05, 3.63) is 53.6 Å². The quantitative estimate of drug-likeness (QED) is 0.300. The van der Waals surface area contributed by atoms with E-state index in [0.29, 0.717) is 55.4 Å². The Morgan fingerprint density at radius 3 is 2.71 bits per heavy atom. The molecule has 0 spiro atoms. The molecule has 2 aromatic rings. The predicted octanol–water partition coefficient (Wildman–Crippen LogP) is 1.62. The van der Waals surface area contributed by atoms with Crippen LogP contribution < -0.4 is 26.5 Å². The Balaban J connectivity index is 1.72. The average molecular weight is 488 g/mol. The molecule has 0 saturated carbocycles. The molecule has 0 amide bonds. The summed E-state index contributed by atoms with van der Waals surface area (Å²) >= 11 is -1.22. The van der Waals surface area contributed by atoms with Crippen molar-refractivity contribution >= 4 is 22.9 Å². The van der Waals surface area contributed by atoms with E-state index >= 15 is 0 Å². The van der Waals surface area contributed by atoms with Gasteiger partial charge in [-0.25, -0.2) is 10.8 Å². The van der Waals surface area contributed by atoms with Crippen LogP contribution in [-0.4, -0.2) is 57.7 Å². The SMILES string of the molecule is C[C@@H]1COC[C@H]2COc3c(nc(N/C(=C/N)N(N)Cc4ccccc4)nc3C(C)(C)[S+](C)[O-])N21. The van der Waals surface area contributed by atoms with Crippen LogP contribution in [0.1, 0.15) is 32.0 Å². The molecule has 0 radical (unpaired) electrons. The fraction of sp³-hybridized carbons (Fsp3) is 0.478. The molecule has 5 N–H and O–H groups in total. The third-order valence-electron chi connectivity index (χ3n) is 6.24. The van der Waals surface area contributed by atoms with Gasteiger partial charge in [-0.1, -0.05) is 30.3 Å². The number of hydrogen-bond acceptors (Lipinski definition) is 10. The highest BCUT2D eigenvalue weighted by Crippen LogP contribution is 2.44. The van der Waals surface area contributed by atoms with Crippen molar-refractivity contribution in [3.8, 4) is 5.75 Å². The standard InChI is InChI=1S/C23H33N7O3S/c1-15-12-32-13-17-14-33-19-20(23(2,3)34(4)31)27-22(28-21(19)30(15)17)26-18(10-24)29(25)11-16-8-6-5-7-9-16/h5-10,15,17H,11-14,24-25H2,1-4H3,(H,26,27,28)/b18-10-/t15-,17+,34?/m1/s1. The Morgan fingerprint density at radius 2 is 2.03 bits per heavy atom. The second kappa shape index (κ2) is 9.87. The lowest BCUT2D eigenvalue weighted by Crippen LogP contribution is -2.56. The molecule has 1 aromatic carbocycles. The molecular formula is C23H33N7O3S. The van der Waals surface area contributed by atoms with Crippen molar-refractivity contribution in [1.29, 1.82) is 0 Å². The summed E-state index contributed by atoms with van der Waals surface area (Å²) in [5.74, 6) is 8.26. The highest BCUT2D eigenvalue weighted by molar-refractivity contribution is 7.91. The van der Waals surface area contributed by atoms with E-state index in [1.54, 1.807) is 6.26 Å². The molecule has 1 unspecified atom stereocenters. The van der Waals surface area contributed by atoms with Crippen LogP contribution >= 0.6 is 0 Å². The molecule has 3 heterocycles. The Morgan fingerprint density at radius 1 is 1.29 bits per heavy atom. The van der Waals surface area contributed by atoms with Crippen molar-refractivity contribution in [3.63, 3.8) is 0 Å². The van der Waals surface area contributed by atoms with Gasteiger partial charge in [-0.15, -0.1) is 0 Å².